The van der Waals surface area contributed by atoms with Gasteiger partial charge >= 0.3 is 0 Å². The van der Waals surface area contributed by atoms with Crippen LogP contribution in [0.3, 0.4) is 0 Å². The number of benzene rings is 2. The van der Waals surface area contributed by atoms with E-state index in [0.717, 1.165) is 5.56 Å². The molecule has 0 saturated carbocycles. The molecule has 0 aliphatic carbocycles. The summed E-state index contributed by atoms with van der Waals surface area (Å²) in [6.07, 6.45) is 3.10. The number of carbonyl (C=O) groups excluding carboxylic acids is 1. The van der Waals surface area contributed by atoms with Crippen LogP contribution < -0.4 is 5.32 Å². The molecule has 0 spiro atoms. The van der Waals surface area contributed by atoms with E-state index < -0.39 is 4.92 Å². The number of hydrogen-bond donors (Lipinski definition) is 1. The number of nitro groups is 1. The zero-order chi connectivity index (χ0) is 16.9. The van der Waals surface area contributed by atoms with E-state index in [0.29, 0.717) is 16.8 Å². The lowest BCUT2D eigenvalue weighted by Gasteiger charge is -2.08. The van der Waals surface area contributed by atoms with Crippen LogP contribution in [0.2, 0.25) is 0 Å². The molecule has 1 amide bonds. The molecular formula is C18H13N3O3. The number of amides is 1. The maximum Gasteiger partial charge on any atom is 0.270 e. The molecule has 1 heterocycles. The van der Waals surface area contributed by atoms with Crippen molar-refractivity contribution in [2.75, 3.05) is 5.32 Å². The average Bonchev–Trinajstić information content (AvgIpc) is 2.63. The van der Waals surface area contributed by atoms with Crippen LogP contribution in [0.4, 0.5) is 11.4 Å². The van der Waals surface area contributed by atoms with Crippen LogP contribution in [0.1, 0.15) is 10.4 Å². The summed E-state index contributed by atoms with van der Waals surface area (Å²) in [5.41, 5.74) is 2.64. The molecule has 0 radical (unpaired) electrons. The molecule has 3 aromatic rings. The summed E-state index contributed by atoms with van der Waals surface area (Å²) < 4.78 is 0. The Bertz CT molecular complexity index is 895. The number of anilines is 1. The molecule has 6 nitrogen and oxygen atoms in total. The van der Waals surface area contributed by atoms with Gasteiger partial charge in [0.05, 0.1) is 4.92 Å². The Labute approximate surface area is 137 Å². The lowest BCUT2D eigenvalue weighted by Crippen LogP contribution is -2.11. The topological polar surface area (TPSA) is 85.1 Å². The van der Waals surface area contributed by atoms with Gasteiger partial charge in [0, 0.05) is 35.8 Å². The predicted octanol–water partition coefficient (Wildman–Crippen LogP) is 3.91. The van der Waals surface area contributed by atoms with E-state index in [2.05, 4.69) is 10.3 Å². The molecule has 2 aromatic carbocycles. The third-order valence-corrected chi connectivity index (χ3v) is 3.45. The summed E-state index contributed by atoms with van der Waals surface area (Å²) >= 11 is 0. The molecule has 0 atom stereocenters. The van der Waals surface area contributed by atoms with Crippen molar-refractivity contribution in [3.05, 3.63) is 88.7 Å². The van der Waals surface area contributed by atoms with Crippen LogP contribution >= 0.6 is 0 Å². The van der Waals surface area contributed by atoms with Gasteiger partial charge in [-0.25, -0.2) is 0 Å². The first-order valence-electron chi connectivity index (χ1n) is 7.20. The second kappa shape index (κ2) is 6.70. The van der Waals surface area contributed by atoms with Crippen molar-refractivity contribution in [1.29, 1.82) is 0 Å². The first kappa shape index (κ1) is 15.4. The minimum atomic E-state index is -0.432. The monoisotopic (exact) mass is 319 g/mol. The minimum Gasteiger partial charge on any atom is -0.322 e. The van der Waals surface area contributed by atoms with Crippen LogP contribution in [-0.2, 0) is 0 Å². The Balaban J connectivity index is 1.86. The maximum atomic E-state index is 12.2. The van der Waals surface area contributed by atoms with Crippen LogP contribution in [0.15, 0.2) is 73.1 Å². The highest BCUT2D eigenvalue weighted by Crippen LogP contribution is 2.26. The summed E-state index contributed by atoms with van der Waals surface area (Å²) in [5, 5.41) is 13.7. The number of nitrogens with zero attached hydrogens (tertiary/aromatic N) is 2. The number of aromatic nitrogens is 1. The SMILES string of the molecule is O=C(Nc1cccc(-c2cccc([N+](=O)[O-])c2)c1)c1ccncc1. The highest BCUT2D eigenvalue weighted by Gasteiger charge is 2.09. The second-order valence-electron chi connectivity index (χ2n) is 5.08. The molecule has 0 aliphatic rings. The second-order valence-corrected chi connectivity index (χ2v) is 5.08. The Hall–Kier alpha value is -3.54. The molecule has 0 unspecified atom stereocenters. The van der Waals surface area contributed by atoms with Crippen molar-refractivity contribution >= 4 is 17.3 Å². The smallest absolute Gasteiger partial charge is 0.270 e. The van der Waals surface area contributed by atoms with Crippen LogP contribution in [-0.4, -0.2) is 15.8 Å². The molecular weight excluding hydrogens is 306 g/mol. The van der Waals surface area contributed by atoms with E-state index in [1.54, 1.807) is 54.9 Å². The van der Waals surface area contributed by atoms with Gasteiger partial charge < -0.3 is 5.32 Å². The van der Waals surface area contributed by atoms with Crippen LogP contribution in [0.25, 0.3) is 11.1 Å². The van der Waals surface area contributed by atoms with E-state index in [-0.39, 0.29) is 11.6 Å². The van der Waals surface area contributed by atoms with Crippen molar-refractivity contribution in [2.45, 2.75) is 0 Å². The maximum absolute atomic E-state index is 12.2. The fourth-order valence-corrected chi connectivity index (χ4v) is 2.28. The third kappa shape index (κ3) is 3.44. The van der Waals surface area contributed by atoms with Crippen molar-refractivity contribution in [1.82, 2.24) is 4.98 Å². The molecule has 1 aromatic heterocycles. The van der Waals surface area contributed by atoms with Gasteiger partial charge in [-0.15, -0.1) is 0 Å². The van der Waals surface area contributed by atoms with E-state index in [1.807, 2.05) is 6.07 Å². The summed E-state index contributed by atoms with van der Waals surface area (Å²) in [6.45, 7) is 0. The number of nitro benzene ring substituents is 1. The zero-order valence-corrected chi connectivity index (χ0v) is 12.5. The van der Waals surface area contributed by atoms with E-state index in [1.165, 1.54) is 12.1 Å². The highest BCUT2D eigenvalue weighted by molar-refractivity contribution is 6.04. The van der Waals surface area contributed by atoms with Crippen LogP contribution in [0.5, 0.6) is 0 Å². The van der Waals surface area contributed by atoms with Crippen molar-refractivity contribution in [3.8, 4) is 11.1 Å². The average molecular weight is 319 g/mol. The number of nitrogens with one attached hydrogen (secondary N) is 1. The van der Waals surface area contributed by atoms with Crippen molar-refractivity contribution in [3.63, 3.8) is 0 Å². The largest absolute Gasteiger partial charge is 0.322 e. The molecule has 0 aliphatic heterocycles. The lowest BCUT2D eigenvalue weighted by molar-refractivity contribution is -0.384. The quantitative estimate of drug-likeness (QED) is 0.583. The molecule has 3 rings (SSSR count). The molecule has 0 fully saturated rings. The Kier molecular flexibility index (Phi) is 4.29. The Morgan fingerprint density at radius 1 is 0.958 bits per heavy atom. The summed E-state index contributed by atoms with van der Waals surface area (Å²) in [6, 6.07) is 16.8. The number of carbonyl (C=O) groups is 1. The Morgan fingerprint density at radius 3 is 2.33 bits per heavy atom. The standard InChI is InChI=1S/C18H13N3O3/c22-18(13-7-9-19-10-8-13)20-16-5-1-3-14(11-16)15-4-2-6-17(12-15)21(23)24/h1-12H,(H,20,22). The molecule has 118 valence electrons. The zero-order valence-electron chi connectivity index (χ0n) is 12.5. The van der Waals surface area contributed by atoms with Crippen molar-refractivity contribution < 1.29 is 9.72 Å². The normalized spacial score (nSPS) is 10.2. The van der Waals surface area contributed by atoms with Gasteiger partial charge in [0.25, 0.3) is 11.6 Å². The van der Waals surface area contributed by atoms with Gasteiger partial charge in [-0.05, 0) is 35.4 Å². The predicted molar refractivity (Wildman–Crippen MR) is 90.7 cm³/mol. The van der Waals surface area contributed by atoms with E-state index in [9.17, 15) is 14.9 Å². The van der Waals surface area contributed by atoms with E-state index in [4.69, 9.17) is 0 Å². The van der Waals surface area contributed by atoms with Gasteiger partial charge in [0.1, 0.15) is 0 Å². The first-order valence-corrected chi connectivity index (χ1v) is 7.20. The summed E-state index contributed by atoms with van der Waals surface area (Å²) in [5.74, 6) is -0.242. The third-order valence-electron chi connectivity index (χ3n) is 3.45. The number of non-ortho nitro benzene ring substituents is 1. The molecule has 1 N–H and O–H groups in total. The summed E-state index contributed by atoms with van der Waals surface area (Å²) in [7, 11) is 0. The Morgan fingerprint density at radius 2 is 1.62 bits per heavy atom. The number of rotatable bonds is 4. The summed E-state index contributed by atoms with van der Waals surface area (Å²) in [4.78, 5) is 26.5. The molecule has 6 heteroatoms. The van der Waals surface area contributed by atoms with Crippen LogP contribution in [0, 0.1) is 10.1 Å². The molecule has 0 saturated heterocycles. The van der Waals surface area contributed by atoms with Gasteiger partial charge in [0.15, 0.2) is 0 Å². The fraction of sp³-hybridized carbons (Fsp3) is 0. The minimum absolute atomic E-state index is 0.0266. The number of hydrogen-bond acceptors (Lipinski definition) is 4. The first-order chi connectivity index (χ1) is 11.6. The van der Waals surface area contributed by atoms with Crippen molar-refractivity contribution in [2.24, 2.45) is 0 Å². The highest BCUT2D eigenvalue weighted by atomic mass is 16.6. The lowest BCUT2D eigenvalue weighted by atomic mass is 10.0. The van der Waals surface area contributed by atoms with Gasteiger partial charge in [-0.2, -0.15) is 0 Å². The number of pyridine rings is 1. The molecule has 24 heavy (non-hydrogen) atoms. The van der Waals surface area contributed by atoms with Gasteiger partial charge in [-0.1, -0.05) is 24.3 Å². The fourth-order valence-electron chi connectivity index (χ4n) is 2.28. The van der Waals surface area contributed by atoms with Gasteiger partial charge in [0.2, 0.25) is 0 Å². The van der Waals surface area contributed by atoms with E-state index >= 15 is 0 Å². The molecule has 0 bridgehead atoms. The van der Waals surface area contributed by atoms with Gasteiger partial charge in [-0.3, -0.25) is 19.9 Å².